The van der Waals surface area contributed by atoms with Crippen LogP contribution >= 0.6 is 24.0 Å². The van der Waals surface area contributed by atoms with Crippen molar-refractivity contribution in [1.82, 2.24) is 5.32 Å². The molecular formula is C15H25FIN3O2. The zero-order valence-corrected chi connectivity index (χ0v) is 15.4. The number of nitrogens with zero attached hydrogens (tertiary/aromatic N) is 1. The maximum Gasteiger partial charge on any atom is 0.188 e. The van der Waals surface area contributed by atoms with Crippen LogP contribution in [0.25, 0.3) is 0 Å². The molecule has 5 nitrogen and oxygen atoms in total. The summed E-state index contributed by atoms with van der Waals surface area (Å²) in [6, 6.07) is 6.18. The molecule has 0 fully saturated rings. The highest BCUT2D eigenvalue weighted by atomic mass is 127. The minimum Gasteiger partial charge on any atom is -0.382 e. The van der Waals surface area contributed by atoms with Gasteiger partial charge in [-0.05, 0) is 31.0 Å². The largest absolute Gasteiger partial charge is 0.382 e. The standard InChI is InChI=1S/C15H24FN3O2.HI/c1-3-21-10-4-9-18-15(17)19-11-14(20-2)12-5-7-13(16)8-6-12;/h5-8,14H,3-4,9-11H2,1-2H3,(H3,17,18,19);1H. The average molecular weight is 425 g/mol. The van der Waals surface area contributed by atoms with E-state index in [-0.39, 0.29) is 35.9 Å². The minimum absolute atomic E-state index is 0. The highest BCUT2D eigenvalue weighted by molar-refractivity contribution is 14.0. The van der Waals surface area contributed by atoms with Crippen LogP contribution in [0.2, 0.25) is 0 Å². The zero-order valence-electron chi connectivity index (χ0n) is 13.0. The fourth-order valence-electron chi connectivity index (χ4n) is 1.77. The normalized spacial score (nSPS) is 12.6. The van der Waals surface area contributed by atoms with Crippen LogP contribution in [0.5, 0.6) is 0 Å². The van der Waals surface area contributed by atoms with Crippen molar-refractivity contribution in [2.24, 2.45) is 10.7 Å². The van der Waals surface area contributed by atoms with Gasteiger partial charge >= 0.3 is 0 Å². The first-order chi connectivity index (χ1) is 10.2. The Kier molecular flexibility index (Phi) is 12.1. The summed E-state index contributed by atoms with van der Waals surface area (Å²) in [6.45, 7) is 4.48. The van der Waals surface area contributed by atoms with Crippen molar-refractivity contribution < 1.29 is 13.9 Å². The van der Waals surface area contributed by atoms with Crippen LogP contribution in [-0.4, -0.2) is 39.4 Å². The predicted molar refractivity (Wildman–Crippen MR) is 97.2 cm³/mol. The quantitative estimate of drug-likeness (QED) is 0.276. The number of nitrogens with two attached hydrogens (primary N) is 1. The lowest BCUT2D eigenvalue weighted by Gasteiger charge is -2.14. The zero-order chi connectivity index (χ0) is 15.5. The number of methoxy groups -OCH3 is 1. The van der Waals surface area contributed by atoms with Crippen molar-refractivity contribution >= 4 is 29.9 Å². The van der Waals surface area contributed by atoms with Gasteiger partial charge in [0.25, 0.3) is 0 Å². The average Bonchev–Trinajstić information content (AvgIpc) is 2.49. The first-order valence-corrected chi connectivity index (χ1v) is 7.07. The molecule has 3 N–H and O–H groups in total. The summed E-state index contributed by atoms with van der Waals surface area (Å²) >= 11 is 0. The van der Waals surface area contributed by atoms with Gasteiger partial charge in [0.2, 0.25) is 0 Å². The van der Waals surface area contributed by atoms with Crippen LogP contribution in [0, 0.1) is 5.82 Å². The lowest BCUT2D eigenvalue weighted by atomic mass is 10.1. The third kappa shape index (κ3) is 8.50. The topological polar surface area (TPSA) is 68.9 Å². The molecule has 0 bridgehead atoms. The van der Waals surface area contributed by atoms with E-state index in [1.54, 1.807) is 19.2 Å². The molecule has 0 saturated carbocycles. The van der Waals surface area contributed by atoms with Crippen LogP contribution in [0.15, 0.2) is 29.3 Å². The van der Waals surface area contributed by atoms with E-state index >= 15 is 0 Å². The van der Waals surface area contributed by atoms with Crippen LogP contribution in [0.1, 0.15) is 25.0 Å². The molecular weight excluding hydrogens is 400 g/mol. The molecule has 22 heavy (non-hydrogen) atoms. The fourth-order valence-corrected chi connectivity index (χ4v) is 1.77. The van der Waals surface area contributed by atoms with E-state index in [1.807, 2.05) is 6.92 Å². The van der Waals surface area contributed by atoms with Crippen molar-refractivity contribution in [1.29, 1.82) is 0 Å². The molecule has 0 spiro atoms. The van der Waals surface area contributed by atoms with Gasteiger partial charge in [-0.2, -0.15) is 0 Å². The van der Waals surface area contributed by atoms with Crippen molar-refractivity contribution in [3.8, 4) is 0 Å². The molecule has 126 valence electrons. The Morgan fingerprint density at radius 1 is 1.36 bits per heavy atom. The van der Waals surface area contributed by atoms with E-state index in [2.05, 4.69) is 10.3 Å². The summed E-state index contributed by atoms with van der Waals surface area (Å²) in [5.41, 5.74) is 6.64. The maximum absolute atomic E-state index is 12.9. The summed E-state index contributed by atoms with van der Waals surface area (Å²) < 4.78 is 23.5. The minimum atomic E-state index is -0.271. The van der Waals surface area contributed by atoms with Gasteiger partial charge in [0.15, 0.2) is 5.96 Å². The number of halogens is 2. The second-order valence-corrected chi connectivity index (χ2v) is 4.48. The summed E-state index contributed by atoms with van der Waals surface area (Å²) in [6.07, 6.45) is 0.629. The summed E-state index contributed by atoms with van der Waals surface area (Å²) in [5.74, 6) is 0.100. The molecule has 0 radical (unpaired) electrons. The van der Waals surface area contributed by atoms with E-state index < -0.39 is 0 Å². The second kappa shape index (κ2) is 12.6. The van der Waals surface area contributed by atoms with Crippen LogP contribution in [-0.2, 0) is 9.47 Å². The summed E-state index contributed by atoms with van der Waals surface area (Å²) in [4.78, 5) is 4.24. The third-order valence-electron chi connectivity index (χ3n) is 2.93. The van der Waals surface area contributed by atoms with Gasteiger partial charge in [-0.25, -0.2) is 4.39 Å². The first-order valence-electron chi connectivity index (χ1n) is 7.07. The molecule has 0 amide bonds. The van der Waals surface area contributed by atoms with Gasteiger partial charge in [-0.3, -0.25) is 4.99 Å². The Hall–Kier alpha value is -0.930. The van der Waals surface area contributed by atoms with Gasteiger partial charge in [0.05, 0.1) is 6.54 Å². The molecule has 0 aromatic heterocycles. The lowest BCUT2D eigenvalue weighted by molar-refractivity contribution is 0.111. The highest BCUT2D eigenvalue weighted by Crippen LogP contribution is 2.17. The number of hydrogen-bond donors (Lipinski definition) is 2. The Bertz CT molecular complexity index is 429. The highest BCUT2D eigenvalue weighted by Gasteiger charge is 2.09. The first kappa shape index (κ1) is 21.1. The van der Waals surface area contributed by atoms with Gasteiger partial charge in [-0.1, -0.05) is 12.1 Å². The van der Waals surface area contributed by atoms with E-state index in [0.29, 0.717) is 25.7 Å². The molecule has 1 atom stereocenters. The van der Waals surface area contributed by atoms with E-state index in [4.69, 9.17) is 15.2 Å². The monoisotopic (exact) mass is 425 g/mol. The van der Waals surface area contributed by atoms with Gasteiger partial charge in [0.1, 0.15) is 11.9 Å². The summed E-state index contributed by atoms with van der Waals surface area (Å²) in [5, 5.41) is 3.01. The van der Waals surface area contributed by atoms with Crippen molar-refractivity contribution in [3.05, 3.63) is 35.6 Å². The molecule has 1 aromatic carbocycles. The molecule has 1 rings (SSSR count). The molecule has 0 heterocycles. The lowest BCUT2D eigenvalue weighted by Crippen LogP contribution is -2.33. The van der Waals surface area contributed by atoms with Gasteiger partial charge in [0, 0.05) is 26.9 Å². The SMILES string of the molecule is CCOCCCNC(N)=NCC(OC)c1ccc(F)cc1.I. The fraction of sp³-hybridized carbons (Fsp3) is 0.533. The van der Waals surface area contributed by atoms with Crippen LogP contribution in [0.4, 0.5) is 4.39 Å². The number of aliphatic imine (C=N–C) groups is 1. The molecule has 0 aliphatic carbocycles. The molecule has 7 heteroatoms. The number of rotatable bonds is 9. The molecule has 1 aromatic rings. The number of hydrogen-bond acceptors (Lipinski definition) is 3. The number of guanidine groups is 1. The van der Waals surface area contributed by atoms with Gasteiger partial charge < -0.3 is 20.5 Å². The van der Waals surface area contributed by atoms with E-state index in [0.717, 1.165) is 18.6 Å². The van der Waals surface area contributed by atoms with E-state index in [1.165, 1.54) is 12.1 Å². The number of nitrogens with one attached hydrogen (secondary N) is 1. The van der Waals surface area contributed by atoms with Crippen molar-refractivity contribution in [3.63, 3.8) is 0 Å². The van der Waals surface area contributed by atoms with E-state index in [9.17, 15) is 4.39 Å². The number of ether oxygens (including phenoxy) is 2. The Labute approximate surface area is 148 Å². The van der Waals surface area contributed by atoms with Crippen molar-refractivity contribution in [2.45, 2.75) is 19.4 Å². The number of benzene rings is 1. The molecule has 0 saturated heterocycles. The Morgan fingerprint density at radius 2 is 2.05 bits per heavy atom. The third-order valence-corrected chi connectivity index (χ3v) is 2.93. The van der Waals surface area contributed by atoms with Crippen LogP contribution < -0.4 is 11.1 Å². The van der Waals surface area contributed by atoms with Gasteiger partial charge in [-0.15, -0.1) is 24.0 Å². The maximum atomic E-state index is 12.9. The predicted octanol–water partition coefficient (Wildman–Crippen LogP) is 2.46. The Morgan fingerprint density at radius 3 is 2.64 bits per heavy atom. The van der Waals surface area contributed by atoms with Crippen molar-refractivity contribution in [2.75, 3.05) is 33.4 Å². The van der Waals surface area contributed by atoms with Crippen LogP contribution in [0.3, 0.4) is 0 Å². The molecule has 0 aliphatic rings. The summed E-state index contributed by atoms with van der Waals surface area (Å²) in [7, 11) is 1.59. The smallest absolute Gasteiger partial charge is 0.188 e. The second-order valence-electron chi connectivity index (χ2n) is 4.48. The molecule has 0 aliphatic heterocycles. The Balaban J connectivity index is 0.00000441. The molecule has 1 unspecified atom stereocenters.